The molecule has 2 aromatic heterocycles. The molecule has 2 fully saturated rings. The van der Waals surface area contributed by atoms with Gasteiger partial charge in [0.05, 0.1) is 48.3 Å². The number of hydrogen-bond donors (Lipinski definition) is 1. The van der Waals surface area contributed by atoms with E-state index in [-0.39, 0.29) is 18.0 Å². The molecule has 2 aliphatic rings. The quantitative estimate of drug-likeness (QED) is 0.213. The van der Waals surface area contributed by atoms with Crippen LogP contribution in [-0.4, -0.2) is 64.8 Å². The normalized spacial score (nSPS) is 15.9. The fraction of sp³-hybridized carbons (Fsp3) is 0.324. The minimum Gasteiger partial charge on any atom is -0.497 e. The van der Waals surface area contributed by atoms with Gasteiger partial charge in [-0.25, -0.2) is 9.78 Å². The van der Waals surface area contributed by atoms with Crippen LogP contribution >= 0.6 is 0 Å². The summed E-state index contributed by atoms with van der Waals surface area (Å²) in [5.41, 5.74) is 6.95. The maximum Gasteiger partial charge on any atom is 0.335 e. The lowest BCUT2D eigenvalue weighted by atomic mass is 9.81. The molecule has 3 aromatic carbocycles. The third-order valence-corrected chi connectivity index (χ3v) is 9.35. The third-order valence-electron chi connectivity index (χ3n) is 9.35. The standard InChI is InChI=1S/C37H37N3O5/c1-44-29-9-5-8-25(21-29)31-14-11-26-20-27(12-15-32(26)38-31)36-35(24-6-3-2-4-7-24)30-13-10-28(37(42)43)22-33(30)40(36)23-34(41)39-16-18-45-19-17-39/h5,8-15,20-22,24H,2-4,6-7,16-19,23H2,1H3,(H,42,43). The van der Waals surface area contributed by atoms with Gasteiger partial charge in [-0.2, -0.15) is 0 Å². The van der Waals surface area contributed by atoms with Crippen molar-refractivity contribution in [2.45, 2.75) is 44.6 Å². The molecule has 8 heteroatoms. The highest BCUT2D eigenvalue weighted by atomic mass is 16.5. The van der Waals surface area contributed by atoms with Crippen molar-refractivity contribution in [3.63, 3.8) is 0 Å². The molecule has 3 heterocycles. The number of aromatic nitrogens is 2. The molecule has 1 amide bonds. The van der Waals surface area contributed by atoms with Gasteiger partial charge in [-0.15, -0.1) is 0 Å². The Bertz CT molecular complexity index is 1900. The minimum atomic E-state index is -0.978. The predicted molar refractivity (Wildman–Crippen MR) is 175 cm³/mol. The number of amides is 1. The van der Waals surface area contributed by atoms with Crippen LogP contribution in [0.15, 0.2) is 72.8 Å². The fourth-order valence-corrected chi connectivity index (χ4v) is 7.05. The zero-order chi connectivity index (χ0) is 30.9. The molecule has 1 N–H and O–H groups in total. The molecule has 0 radical (unpaired) electrons. The average molecular weight is 604 g/mol. The number of carboxylic acid groups (broad SMARTS) is 1. The van der Waals surface area contributed by atoms with Gasteiger partial charge in [0.25, 0.3) is 0 Å². The predicted octanol–water partition coefficient (Wildman–Crippen LogP) is 7.14. The number of carbonyl (C=O) groups is 2. The van der Waals surface area contributed by atoms with Crippen molar-refractivity contribution in [2.24, 2.45) is 0 Å². The van der Waals surface area contributed by atoms with Crippen molar-refractivity contribution < 1.29 is 24.2 Å². The topological polar surface area (TPSA) is 93.9 Å². The molecule has 5 aromatic rings. The summed E-state index contributed by atoms with van der Waals surface area (Å²) in [6.45, 7) is 2.29. The first-order chi connectivity index (χ1) is 22.0. The second-order valence-corrected chi connectivity index (χ2v) is 12.0. The van der Waals surface area contributed by atoms with Crippen molar-refractivity contribution in [1.82, 2.24) is 14.5 Å². The lowest BCUT2D eigenvalue weighted by molar-refractivity contribution is -0.135. The van der Waals surface area contributed by atoms with Gasteiger partial charge < -0.3 is 24.0 Å². The summed E-state index contributed by atoms with van der Waals surface area (Å²) in [5, 5.41) is 11.9. The van der Waals surface area contributed by atoms with Crippen LogP contribution in [0.5, 0.6) is 5.75 Å². The van der Waals surface area contributed by atoms with Crippen LogP contribution in [0.4, 0.5) is 0 Å². The zero-order valence-electron chi connectivity index (χ0n) is 25.5. The van der Waals surface area contributed by atoms with Gasteiger partial charge in [0.1, 0.15) is 12.3 Å². The summed E-state index contributed by atoms with van der Waals surface area (Å²) >= 11 is 0. The summed E-state index contributed by atoms with van der Waals surface area (Å²) in [5.74, 6) is 0.146. The molecule has 0 unspecified atom stereocenters. The van der Waals surface area contributed by atoms with E-state index in [0.717, 1.165) is 75.8 Å². The summed E-state index contributed by atoms with van der Waals surface area (Å²) in [6.07, 6.45) is 5.68. The van der Waals surface area contributed by atoms with Crippen LogP contribution in [0.25, 0.3) is 44.3 Å². The number of fused-ring (bicyclic) bond motifs is 2. The summed E-state index contributed by atoms with van der Waals surface area (Å²) in [6, 6.07) is 23.7. The van der Waals surface area contributed by atoms with Crippen molar-refractivity contribution in [1.29, 1.82) is 0 Å². The van der Waals surface area contributed by atoms with E-state index in [0.29, 0.717) is 32.2 Å². The van der Waals surface area contributed by atoms with E-state index < -0.39 is 5.97 Å². The van der Waals surface area contributed by atoms with E-state index in [2.05, 4.69) is 22.8 Å². The number of carbonyl (C=O) groups excluding carboxylic acids is 1. The van der Waals surface area contributed by atoms with E-state index >= 15 is 0 Å². The van der Waals surface area contributed by atoms with Crippen LogP contribution in [-0.2, 0) is 16.1 Å². The van der Waals surface area contributed by atoms with Gasteiger partial charge in [0.2, 0.25) is 5.91 Å². The Balaban J connectivity index is 1.39. The molecule has 0 atom stereocenters. The molecule has 1 aliphatic carbocycles. The number of ether oxygens (including phenoxy) is 2. The van der Waals surface area contributed by atoms with Gasteiger partial charge in [0.15, 0.2) is 0 Å². The SMILES string of the molecule is COc1cccc(-c2ccc3cc(-c4c(C5CCCCC5)c5ccc(C(=O)O)cc5n4CC(=O)N4CCOCC4)ccc3n2)c1. The monoisotopic (exact) mass is 603 g/mol. The van der Waals surface area contributed by atoms with Gasteiger partial charge >= 0.3 is 5.97 Å². The Morgan fingerprint density at radius 1 is 0.933 bits per heavy atom. The maximum atomic E-state index is 13.7. The molecule has 7 rings (SSSR count). The number of hydrogen-bond acceptors (Lipinski definition) is 5. The molecule has 230 valence electrons. The summed E-state index contributed by atoms with van der Waals surface area (Å²) in [7, 11) is 1.66. The number of rotatable bonds is 7. The Kier molecular flexibility index (Phi) is 7.98. The Morgan fingerprint density at radius 3 is 2.53 bits per heavy atom. The molecular formula is C37H37N3O5. The molecule has 0 bridgehead atoms. The smallest absolute Gasteiger partial charge is 0.335 e. The summed E-state index contributed by atoms with van der Waals surface area (Å²) in [4.78, 5) is 32.7. The van der Waals surface area contributed by atoms with Gasteiger partial charge in [0, 0.05) is 29.4 Å². The summed E-state index contributed by atoms with van der Waals surface area (Å²) < 4.78 is 13.0. The van der Waals surface area contributed by atoms with Gasteiger partial charge in [-0.3, -0.25) is 4.79 Å². The van der Waals surface area contributed by atoms with E-state index in [1.165, 1.54) is 12.0 Å². The molecule has 45 heavy (non-hydrogen) atoms. The minimum absolute atomic E-state index is 0.0118. The van der Waals surface area contributed by atoms with Crippen molar-refractivity contribution in [2.75, 3.05) is 33.4 Å². The zero-order valence-corrected chi connectivity index (χ0v) is 25.5. The molecule has 8 nitrogen and oxygen atoms in total. The molecular weight excluding hydrogens is 566 g/mol. The third kappa shape index (κ3) is 5.66. The first-order valence-electron chi connectivity index (χ1n) is 15.8. The molecule has 0 spiro atoms. The Hall–Kier alpha value is -4.69. The van der Waals surface area contributed by atoms with E-state index in [1.807, 2.05) is 47.4 Å². The largest absolute Gasteiger partial charge is 0.497 e. The second kappa shape index (κ2) is 12.4. The maximum absolute atomic E-state index is 13.7. The number of nitrogens with zero attached hydrogens (tertiary/aromatic N) is 3. The first kappa shape index (κ1) is 29.0. The molecule has 1 saturated carbocycles. The number of morpholine rings is 1. The Morgan fingerprint density at radius 2 is 1.76 bits per heavy atom. The fourth-order valence-electron chi connectivity index (χ4n) is 7.05. The van der Waals surface area contributed by atoms with Crippen LogP contribution in [0, 0.1) is 0 Å². The molecule has 1 saturated heterocycles. The van der Waals surface area contributed by atoms with Crippen LogP contribution in [0.1, 0.15) is 53.9 Å². The number of pyridine rings is 1. The number of carboxylic acids is 1. The average Bonchev–Trinajstić information content (AvgIpc) is 3.41. The lowest BCUT2D eigenvalue weighted by Crippen LogP contribution is -2.42. The van der Waals surface area contributed by atoms with Crippen molar-refractivity contribution in [3.05, 3.63) is 83.9 Å². The Labute approximate surface area is 262 Å². The van der Waals surface area contributed by atoms with E-state index in [9.17, 15) is 14.7 Å². The van der Waals surface area contributed by atoms with Crippen LogP contribution < -0.4 is 4.74 Å². The highest BCUT2D eigenvalue weighted by molar-refractivity contribution is 6.00. The van der Waals surface area contributed by atoms with Crippen LogP contribution in [0.3, 0.4) is 0 Å². The molecule has 1 aliphatic heterocycles. The van der Waals surface area contributed by atoms with E-state index in [4.69, 9.17) is 14.5 Å². The van der Waals surface area contributed by atoms with Gasteiger partial charge in [-0.1, -0.05) is 49.6 Å². The number of methoxy groups -OCH3 is 1. The van der Waals surface area contributed by atoms with E-state index in [1.54, 1.807) is 19.2 Å². The van der Waals surface area contributed by atoms with Crippen molar-refractivity contribution >= 4 is 33.7 Å². The highest BCUT2D eigenvalue weighted by Crippen LogP contribution is 2.45. The first-order valence-corrected chi connectivity index (χ1v) is 15.8. The number of aromatic carboxylic acids is 1. The lowest BCUT2D eigenvalue weighted by Gasteiger charge is -2.28. The number of benzene rings is 3. The second-order valence-electron chi connectivity index (χ2n) is 12.0. The van der Waals surface area contributed by atoms with Crippen LogP contribution in [0.2, 0.25) is 0 Å². The van der Waals surface area contributed by atoms with Gasteiger partial charge in [-0.05, 0) is 72.4 Å². The van der Waals surface area contributed by atoms with Crippen molar-refractivity contribution in [3.8, 4) is 28.3 Å². The highest BCUT2D eigenvalue weighted by Gasteiger charge is 2.29.